The van der Waals surface area contributed by atoms with Crippen LogP contribution in [0.4, 0.5) is 31.1 Å². The minimum Gasteiger partial charge on any atom is -0.481 e. The fraction of sp³-hybridized carbons (Fsp3) is 0.692. The Hall–Kier alpha value is -2.70. The molecule has 0 aliphatic carbocycles. The van der Waals surface area contributed by atoms with Crippen molar-refractivity contribution in [2.24, 2.45) is 11.3 Å². The maximum atomic E-state index is 12.8. The Labute approximate surface area is 223 Å². The number of carbonyl (C=O) groups excluding carboxylic acids is 1. The molecule has 0 bridgehead atoms. The monoisotopic (exact) mass is 567 g/mol. The topological polar surface area (TPSA) is 73.3 Å². The highest BCUT2D eigenvalue weighted by atomic mass is 19.4. The summed E-state index contributed by atoms with van der Waals surface area (Å²) < 4.78 is 80.5. The highest BCUT2D eigenvalue weighted by molar-refractivity contribution is 5.70. The number of carboxylic acids is 1. The van der Waals surface area contributed by atoms with Gasteiger partial charge in [0.15, 0.2) is 0 Å². The first kappa shape index (κ1) is 30.8. The molecule has 3 aliphatic heterocycles. The van der Waals surface area contributed by atoms with Crippen LogP contribution in [0.3, 0.4) is 0 Å². The SMILES string of the molecule is C=C/C(CN1CCC2(CCN(C(=O)OC(C(F)(F)F)C(F)(F)F)CC2)C1)=C(\C=C/C)N1CCC(C(=O)O)CC1. The molecular weight excluding hydrogens is 532 g/mol. The van der Waals surface area contributed by atoms with Crippen molar-refractivity contribution >= 4 is 12.1 Å². The van der Waals surface area contributed by atoms with Gasteiger partial charge in [-0.05, 0) is 62.6 Å². The zero-order chi connectivity index (χ0) is 29.0. The molecule has 0 aromatic heterocycles. The second-order valence-corrected chi connectivity index (χ2v) is 10.5. The molecule has 0 atom stereocenters. The number of amides is 1. The average Bonchev–Trinajstić information content (AvgIpc) is 3.25. The van der Waals surface area contributed by atoms with E-state index >= 15 is 0 Å². The summed E-state index contributed by atoms with van der Waals surface area (Å²) in [6, 6.07) is 0. The Morgan fingerprint density at radius 3 is 2.05 bits per heavy atom. The molecule has 3 fully saturated rings. The van der Waals surface area contributed by atoms with E-state index in [-0.39, 0.29) is 24.4 Å². The van der Waals surface area contributed by atoms with Gasteiger partial charge in [0.05, 0.1) is 5.92 Å². The number of nitrogens with zero attached hydrogens (tertiary/aromatic N) is 3. The summed E-state index contributed by atoms with van der Waals surface area (Å²) in [5, 5.41) is 9.30. The van der Waals surface area contributed by atoms with Crippen LogP contribution in [-0.2, 0) is 9.53 Å². The van der Waals surface area contributed by atoms with Crippen LogP contribution in [0.2, 0.25) is 0 Å². The fourth-order valence-electron chi connectivity index (χ4n) is 5.66. The molecule has 220 valence electrons. The van der Waals surface area contributed by atoms with Crippen molar-refractivity contribution in [3.8, 4) is 0 Å². The molecule has 1 amide bonds. The van der Waals surface area contributed by atoms with Crippen molar-refractivity contribution in [1.29, 1.82) is 0 Å². The van der Waals surface area contributed by atoms with Gasteiger partial charge in [-0.15, -0.1) is 0 Å². The summed E-state index contributed by atoms with van der Waals surface area (Å²) in [6.07, 6.45) is -8.77. The van der Waals surface area contributed by atoms with Crippen molar-refractivity contribution in [3.63, 3.8) is 0 Å². The number of alkyl halides is 6. The first-order valence-corrected chi connectivity index (χ1v) is 13.0. The first-order valence-electron chi connectivity index (χ1n) is 13.0. The smallest absolute Gasteiger partial charge is 0.434 e. The highest BCUT2D eigenvalue weighted by Crippen LogP contribution is 2.42. The molecule has 1 N–H and O–H groups in total. The van der Waals surface area contributed by atoms with E-state index < -0.39 is 30.5 Å². The summed E-state index contributed by atoms with van der Waals surface area (Å²) >= 11 is 0. The van der Waals surface area contributed by atoms with E-state index in [2.05, 4.69) is 21.1 Å². The predicted octanol–water partition coefficient (Wildman–Crippen LogP) is 5.22. The van der Waals surface area contributed by atoms with Crippen LogP contribution in [0.25, 0.3) is 0 Å². The van der Waals surface area contributed by atoms with E-state index in [1.807, 2.05) is 19.1 Å². The van der Waals surface area contributed by atoms with Gasteiger partial charge in [-0.25, -0.2) is 4.79 Å². The quantitative estimate of drug-likeness (QED) is 0.336. The number of carbonyl (C=O) groups is 2. The lowest BCUT2D eigenvalue weighted by Gasteiger charge is -2.39. The number of aliphatic carboxylic acids is 1. The molecule has 1 spiro atoms. The zero-order valence-corrected chi connectivity index (χ0v) is 21.9. The van der Waals surface area contributed by atoms with Gasteiger partial charge in [0, 0.05) is 45.0 Å². The molecule has 3 heterocycles. The Morgan fingerprint density at radius 2 is 1.56 bits per heavy atom. The van der Waals surface area contributed by atoms with Gasteiger partial charge < -0.3 is 19.6 Å². The lowest BCUT2D eigenvalue weighted by molar-refractivity contribution is -0.308. The third-order valence-corrected chi connectivity index (χ3v) is 7.89. The van der Waals surface area contributed by atoms with Gasteiger partial charge in [0.2, 0.25) is 0 Å². The van der Waals surface area contributed by atoms with Crippen LogP contribution in [0, 0.1) is 11.3 Å². The van der Waals surface area contributed by atoms with Crippen LogP contribution in [0.5, 0.6) is 0 Å². The van der Waals surface area contributed by atoms with Crippen molar-refractivity contribution in [2.45, 2.75) is 57.5 Å². The van der Waals surface area contributed by atoms with Gasteiger partial charge >= 0.3 is 24.4 Å². The van der Waals surface area contributed by atoms with Crippen LogP contribution in [0.15, 0.2) is 36.1 Å². The summed E-state index contributed by atoms with van der Waals surface area (Å²) in [5.41, 5.74) is 1.78. The molecule has 7 nitrogen and oxygen atoms in total. The van der Waals surface area contributed by atoms with Crippen LogP contribution < -0.4 is 0 Å². The Morgan fingerprint density at radius 1 is 1.00 bits per heavy atom. The third kappa shape index (κ3) is 7.70. The van der Waals surface area contributed by atoms with E-state index in [1.54, 1.807) is 6.08 Å². The Balaban J connectivity index is 1.60. The minimum atomic E-state index is -5.74. The number of hydrogen-bond donors (Lipinski definition) is 1. The number of allylic oxidation sites excluding steroid dienone is 2. The Kier molecular flexibility index (Phi) is 9.66. The molecule has 0 aromatic rings. The van der Waals surface area contributed by atoms with E-state index in [0.717, 1.165) is 29.1 Å². The average molecular weight is 568 g/mol. The molecular formula is C26H35F6N3O4. The number of carboxylic acid groups (broad SMARTS) is 1. The maximum Gasteiger partial charge on any atom is 0.434 e. The van der Waals surface area contributed by atoms with E-state index in [1.165, 1.54) is 0 Å². The summed E-state index contributed by atoms with van der Waals surface area (Å²) in [4.78, 5) is 28.8. The molecule has 39 heavy (non-hydrogen) atoms. The largest absolute Gasteiger partial charge is 0.481 e. The molecule has 0 saturated carbocycles. The van der Waals surface area contributed by atoms with E-state index in [9.17, 15) is 41.0 Å². The van der Waals surface area contributed by atoms with E-state index in [0.29, 0.717) is 51.9 Å². The van der Waals surface area contributed by atoms with Gasteiger partial charge in [-0.2, -0.15) is 26.3 Å². The Bertz CT molecular complexity index is 948. The molecule has 13 heteroatoms. The van der Waals surface area contributed by atoms with Crippen molar-refractivity contribution in [1.82, 2.24) is 14.7 Å². The zero-order valence-electron chi connectivity index (χ0n) is 21.9. The first-order chi connectivity index (χ1) is 18.2. The molecule has 3 saturated heterocycles. The number of halogens is 6. The number of likely N-dealkylation sites (tertiary alicyclic amines) is 3. The highest BCUT2D eigenvalue weighted by Gasteiger charge is 2.60. The van der Waals surface area contributed by atoms with E-state index in [4.69, 9.17) is 0 Å². The van der Waals surface area contributed by atoms with Crippen LogP contribution in [-0.4, -0.2) is 96.1 Å². The number of piperidine rings is 2. The second kappa shape index (κ2) is 12.2. The number of ether oxygens (including phenoxy) is 1. The number of hydrogen-bond acceptors (Lipinski definition) is 5. The molecule has 0 aromatic carbocycles. The minimum absolute atomic E-state index is 0.0155. The number of rotatable bonds is 7. The summed E-state index contributed by atoms with van der Waals surface area (Å²) in [7, 11) is 0. The lowest BCUT2D eigenvalue weighted by Crippen LogP contribution is -2.50. The normalized spacial score (nSPS) is 22.1. The van der Waals surface area contributed by atoms with Crippen LogP contribution in [0.1, 0.15) is 39.0 Å². The second-order valence-electron chi connectivity index (χ2n) is 10.5. The standard InChI is InChI=1S/C26H35F6N3O4/c1-3-5-20(34-11-6-19(7-12-34)21(36)37)18(4-2)16-33-13-8-24(17-33)9-14-35(15-10-24)23(38)39-22(25(27,28)29)26(30,31)32/h3-5,19,22H,2,6-17H2,1H3,(H,36,37)/b5-3-,20-18-. The van der Waals surface area contributed by atoms with Gasteiger partial charge in [-0.1, -0.05) is 18.7 Å². The maximum absolute atomic E-state index is 12.8. The van der Waals surface area contributed by atoms with Gasteiger partial charge in [-0.3, -0.25) is 9.69 Å². The van der Waals surface area contributed by atoms with Crippen molar-refractivity contribution < 1.29 is 45.8 Å². The van der Waals surface area contributed by atoms with Crippen molar-refractivity contribution in [2.75, 3.05) is 45.8 Å². The molecule has 0 unspecified atom stereocenters. The molecule has 0 radical (unpaired) electrons. The summed E-state index contributed by atoms with van der Waals surface area (Å²) in [6.45, 7) is 9.16. The van der Waals surface area contributed by atoms with Gasteiger partial charge in [0.25, 0.3) is 6.10 Å². The molecule has 3 rings (SSSR count). The van der Waals surface area contributed by atoms with Crippen LogP contribution >= 0.6 is 0 Å². The van der Waals surface area contributed by atoms with Crippen molar-refractivity contribution in [3.05, 3.63) is 36.1 Å². The molecule has 3 aliphatic rings. The lowest BCUT2D eigenvalue weighted by atomic mass is 9.78. The fourth-order valence-corrected chi connectivity index (χ4v) is 5.66. The predicted molar refractivity (Wildman–Crippen MR) is 131 cm³/mol. The third-order valence-electron chi connectivity index (χ3n) is 7.89. The van der Waals surface area contributed by atoms with Gasteiger partial charge in [0.1, 0.15) is 0 Å². The summed E-state index contributed by atoms with van der Waals surface area (Å²) in [5.74, 6) is -1.13.